The highest BCUT2D eigenvalue weighted by Crippen LogP contribution is 2.26. The average Bonchev–Trinajstić information content (AvgIpc) is 2.60. The minimum atomic E-state index is -0.784. The van der Waals surface area contributed by atoms with Crippen LogP contribution in [0.5, 0.6) is 5.75 Å². The molecule has 0 spiro atoms. The third-order valence-electron chi connectivity index (χ3n) is 4.85. The molecule has 3 N–H and O–H groups in total. The maximum absolute atomic E-state index is 12.2. The lowest BCUT2D eigenvalue weighted by Gasteiger charge is -2.19. The van der Waals surface area contributed by atoms with Crippen molar-refractivity contribution in [1.82, 2.24) is 5.32 Å². The SMILES string of the molecule is O=C(Nc1cc(Cl)ccc1O)C(=O)NC1CCCCCCCCCCC1. The number of anilines is 1. The van der Waals surface area contributed by atoms with Crippen LogP contribution in [0.1, 0.15) is 70.6 Å². The summed E-state index contributed by atoms with van der Waals surface area (Å²) in [6.45, 7) is 0. The van der Waals surface area contributed by atoms with Crippen molar-refractivity contribution in [2.75, 3.05) is 5.32 Å². The zero-order valence-corrected chi connectivity index (χ0v) is 16.0. The molecule has 1 aromatic rings. The van der Waals surface area contributed by atoms with Crippen molar-refractivity contribution < 1.29 is 14.7 Å². The van der Waals surface area contributed by atoms with Crippen molar-refractivity contribution in [1.29, 1.82) is 0 Å². The molecule has 0 radical (unpaired) electrons. The second-order valence-electron chi connectivity index (χ2n) is 7.05. The molecule has 1 saturated carbocycles. The number of aromatic hydroxyl groups is 1. The largest absolute Gasteiger partial charge is 0.506 e. The van der Waals surface area contributed by atoms with Gasteiger partial charge in [-0.25, -0.2) is 0 Å². The summed E-state index contributed by atoms with van der Waals surface area (Å²) >= 11 is 5.86. The fourth-order valence-corrected chi connectivity index (χ4v) is 3.52. The first-order chi connectivity index (χ1) is 12.6. The van der Waals surface area contributed by atoms with E-state index in [4.69, 9.17) is 11.6 Å². The first-order valence-corrected chi connectivity index (χ1v) is 10.0. The molecular weight excluding hydrogens is 352 g/mol. The van der Waals surface area contributed by atoms with Crippen LogP contribution < -0.4 is 10.6 Å². The molecule has 144 valence electrons. The van der Waals surface area contributed by atoms with Crippen LogP contribution >= 0.6 is 11.6 Å². The lowest BCUT2D eigenvalue weighted by molar-refractivity contribution is -0.136. The Kier molecular flexibility index (Phi) is 8.75. The fourth-order valence-electron chi connectivity index (χ4n) is 3.35. The number of phenolic OH excluding ortho intramolecular Hbond substituents is 1. The normalized spacial score (nSPS) is 17.6. The lowest BCUT2D eigenvalue weighted by Crippen LogP contribution is -2.41. The maximum Gasteiger partial charge on any atom is 0.313 e. The predicted octanol–water partition coefficient (Wildman–Crippen LogP) is 4.77. The van der Waals surface area contributed by atoms with Gasteiger partial charge in [-0.1, -0.05) is 69.4 Å². The summed E-state index contributed by atoms with van der Waals surface area (Å²) in [6, 6.07) is 4.33. The van der Waals surface area contributed by atoms with Crippen LogP contribution in [0.15, 0.2) is 18.2 Å². The van der Waals surface area contributed by atoms with E-state index in [-0.39, 0.29) is 17.5 Å². The quantitative estimate of drug-likeness (QED) is 0.510. The predicted molar refractivity (Wildman–Crippen MR) is 104 cm³/mol. The van der Waals surface area contributed by atoms with E-state index in [0.717, 1.165) is 25.7 Å². The first kappa shape index (κ1) is 20.6. The molecule has 0 unspecified atom stereocenters. The Morgan fingerprint density at radius 1 is 0.885 bits per heavy atom. The van der Waals surface area contributed by atoms with Crippen molar-refractivity contribution >= 4 is 29.1 Å². The van der Waals surface area contributed by atoms with Gasteiger partial charge in [0, 0.05) is 11.1 Å². The van der Waals surface area contributed by atoms with Crippen molar-refractivity contribution in [2.24, 2.45) is 0 Å². The first-order valence-electron chi connectivity index (χ1n) is 9.66. The average molecular weight is 381 g/mol. The Morgan fingerprint density at radius 3 is 2.00 bits per heavy atom. The minimum absolute atomic E-state index is 0.0284. The number of nitrogens with one attached hydrogen (secondary N) is 2. The van der Waals surface area contributed by atoms with Crippen LogP contribution in [0, 0.1) is 0 Å². The molecule has 1 fully saturated rings. The third kappa shape index (κ3) is 7.24. The zero-order chi connectivity index (χ0) is 18.8. The molecule has 0 heterocycles. The molecule has 1 aliphatic rings. The summed E-state index contributed by atoms with van der Waals surface area (Å²) < 4.78 is 0. The number of carbonyl (C=O) groups is 2. The molecule has 0 atom stereocenters. The summed E-state index contributed by atoms with van der Waals surface area (Å²) in [6.07, 6.45) is 12.7. The van der Waals surface area contributed by atoms with Gasteiger partial charge in [0.15, 0.2) is 0 Å². The van der Waals surface area contributed by atoms with Crippen molar-refractivity contribution in [3.05, 3.63) is 23.2 Å². The number of carbonyl (C=O) groups excluding carboxylic acids is 2. The Hall–Kier alpha value is -1.75. The van der Waals surface area contributed by atoms with Crippen molar-refractivity contribution in [3.63, 3.8) is 0 Å². The number of hydrogen-bond donors (Lipinski definition) is 3. The van der Waals surface area contributed by atoms with Gasteiger partial charge in [0.05, 0.1) is 5.69 Å². The van der Waals surface area contributed by atoms with E-state index in [9.17, 15) is 14.7 Å². The highest BCUT2D eigenvalue weighted by atomic mass is 35.5. The van der Waals surface area contributed by atoms with Gasteiger partial charge >= 0.3 is 11.8 Å². The fraction of sp³-hybridized carbons (Fsp3) is 0.600. The van der Waals surface area contributed by atoms with Crippen molar-refractivity contribution in [2.45, 2.75) is 76.7 Å². The van der Waals surface area contributed by atoms with Crippen LogP contribution in [-0.4, -0.2) is 23.0 Å². The molecule has 1 aromatic carbocycles. The van der Waals surface area contributed by atoms with Crippen molar-refractivity contribution in [3.8, 4) is 5.75 Å². The summed E-state index contributed by atoms with van der Waals surface area (Å²) in [5.41, 5.74) is 0.136. The van der Waals surface area contributed by atoms with Gasteiger partial charge in [-0.2, -0.15) is 0 Å². The molecule has 2 amide bonds. The number of phenols is 1. The third-order valence-corrected chi connectivity index (χ3v) is 5.09. The maximum atomic E-state index is 12.2. The molecule has 0 bridgehead atoms. The molecule has 6 heteroatoms. The van der Waals surface area contributed by atoms with E-state index in [1.165, 1.54) is 63.1 Å². The number of halogens is 1. The summed E-state index contributed by atoms with van der Waals surface area (Å²) in [5.74, 6) is -1.57. The number of rotatable bonds is 2. The molecule has 1 aliphatic carbocycles. The monoisotopic (exact) mass is 380 g/mol. The zero-order valence-electron chi connectivity index (χ0n) is 15.2. The van der Waals surface area contributed by atoms with Crippen LogP contribution in [-0.2, 0) is 9.59 Å². The van der Waals surface area contributed by atoms with Gasteiger partial charge in [-0.3, -0.25) is 9.59 Å². The number of hydrogen-bond acceptors (Lipinski definition) is 3. The van der Waals surface area contributed by atoms with E-state index >= 15 is 0 Å². The standard InChI is InChI=1S/C20H29ClN2O3/c21-15-12-13-18(24)17(14-15)23-20(26)19(25)22-16-10-8-6-4-2-1-3-5-7-9-11-16/h12-14,16,24H,1-11H2,(H,22,25)(H,23,26). The summed E-state index contributed by atoms with van der Waals surface area (Å²) in [7, 11) is 0. The van der Waals surface area contributed by atoms with Crippen LogP contribution in [0.2, 0.25) is 5.02 Å². The molecule has 5 nitrogen and oxygen atoms in total. The van der Waals surface area contributed by atoms with E-state index < -0.39 is 11.8 Å². The highest BCUT2D eigenvalue weighted by Gasteiger charge is 2.19. The molecular formula is C20H29ClN2O3. The molecule has 26 heavy (non-hydrogen) atoms. The van der Waals surface area contributed by atoms with Gasteiger partial charge in [0.2, 0.25) is 0 Å². The van der Waals surface area contributed by atoms with Gasteiger partial charge in [0.1, 0.15) is 5.75 Å². The molecule has 0 saturated heterocycles. The summed E-state index contributed by atoms with van der Waals surface area (Å²) in [4.78, 5) is 24.4. The second-order valence-corrected chi connectivity index (χ2v) is 7.48. The van der Waals surface area contributed by atoms with E-state index in [1.807, 2.05) is 0 Å². The lowest BCUT2D eigenvalue weighted by atomic mass is 9.98. The Morgan fingerprint density at radius 2 is 1.42 bits per heavy atom. The highest BCUT2D eigenvalue weighted by molar-refractivity contribution is 6.40. The van der Waals surface area contributed by atoms with Gasteiger partial charge in [0.25, 0.3) is 0 Å². The van der Waals surface area contributed by atoms with Crippen LogP contribution in [0.4, 0.5) is 5.69 Å². The van der Waals surface area contributed by atoms with E-state index in [0.29, 0.717) is 5.02 Å². The molecule has 0 aromatic heterocycles. The van der Waals surface area contributed by atoms with Gasteiger partial charge in [-0.15, -0.1) is 0 Å². The van der Waals surface area contributed by atoms with E-state index in [1.54, 1.807) is 0 Å². The number of amides is 2. The van der Waals surface area contributed by atoms with Gasteiger partial charge in [-0.05, 0) is 31.0 Å². The smallest absolute Gasteiger partial charge is 0.313 e. The van der Waals surface area contributed by atoms with Gasteiger partial charge < -0.3 is 15.7 Å². The molecule has 2 rings (SSSR count). The molecule has 0 aliphatic heterocycles. The Balaban J connectivity index is 1.87. The van der Waals surface area contributed by atoms with Crippen LogP contribution in [0.3, 0.4) is 0 Å². The topological polar surface area (TPSA) is 78.4 Å². The Labute approximate surface area is 160 Å². The Bertz CT molecular complexity index is 595. The van der Waals surface area contributed by atoms with E-state index in [2.05, 4.69) is 10.6 Å². The number of benzene rings is 1. The van der Waals surface area contributed by atoms with Crippen LogP contribution in [0.25, 0.3) is 0 Å². The second kappa shape index (κ2) is 11.1. The summed E-state index contributed by atoms with van der Waals surface area (Å²) in [5, 5.41) is 15.4. The minimum Gasteiger partial charge on any atom is -0.506 e.